The summed E-state index contributed by atoms with van der Waals surface area (Å²) < 4.78 is 32.1. The van der Waals surface area contributed by atoms with Gasteiger partial charge < -0.3 is 10.1 Å². The Morgan fingerprint density at radius 2 is 1.92 bits per heavy atom. The standard InChI is InChI=1S/C16H19ClN2O4S2/c1-12(20)18-11-15-7-8-16(24-15)25(21,22)19(2)9-10-23-14-5-3-13(17)4-6-14/h3-8H,9-11H2,1-2H3,(H,18,20). The van der Waals surface area contributed by atoms with Crippen LogP contribution in [0.2, 0.25) is 5.02 Å². The van der Waals surface area contributed by atoms with Crippen LogP contribution in [-0.2, 0) is 21.4 Å². The molecular formula is C16H19ClN2O4S2. The maximum Gasteiger partial charge on any atom is 0.252 e. The van der Waals surface area contributed by atoms with Crippen molar-refractivity contribution in [3.8, 4) is 5.75 Å². The number of carbonyl (C=O) groups is 1. The Kier molecular flexibility index (Phi) is 6.83. The van der Waals surface area contributed by atoms with Gasteiger partial charge in [-0.25, -0.2) is 8.42 Å². The Balaban J connectivity index is 1.91. The summed E-state index contributed by atoms with van der Waals surface area (Å²) in [6, 6.07) is 10.1. The summed E-state index contributed by atoms with van der Waals surface area (Å²) in [7, 11) is -2.07. The van der Waals surface area contributed by atoms with E-state index in [0.717, 1.165) is 16.2 Å². The van der Waals surface area contributed by atoms with E-state index in [1.165, 1.54) is 18.3 Å². The first-order chi connectivity index (χ1) is 11.8. The number of thiophene rings is 1. The molecule has 1 aromatic carbocycles. The topological polar surface area (TPSA) is 75.7 Å². The highest BCUT2D eigenvalue weighted by atomic mass is 35.5. The van der Waals surface area contributed by atoms with Gasteiger partial charge in [0, 0.05) is 30.4 Å². The minimum Gasteiger partial charge on any atom is -0.492 e. The second-order valence-electron chi connectivity index (χ2n) is 5.26. The van der Waals surface area contributed by atoms with E-state index in [1.54, 1.807) is 36.4 Å². The number of hydrogen-bond donors (Lipinski definition) is 1. The molecule has 25 heavy (non-hydrogen) atoms. The van der Waals surface area contributed by atoms with Crippen molar-refractivity contribution in [3.63, 3.8) is 0 Å². The van der Waals surface area contributed by atoms with Crippen molar-refractivity contribution >= 4 is 38.9 Å². The number of amides is 1. The number of rotatable bonds is 8. The molecule has 0 bridgehead atoms. The number of sulfonamides is 1. The highest BCUT2D eigenvalue weighted by molar-refractivity contribution is 7.91. The lowest BCUT2D eigenvalue weighted by atomic mass is 10.3. The Morgan fingerprint density at radius 1 is 1.24 bits per heavy atom. The van der Waals surface area contributed by atoms with Crippen LogP contribution in [0.25, 0.3) is 0 Å². The van der Waals surface area contributed by atoms with Crippen molar-refractivity contribution < 1.29 is 17.9 Å². The number of carbonyl (C=O) groups excluding carboxylic acids is 1. The zero-order chi connectivity index (χ0) is 18.4. The average molecular weight is 403 g/mol. The third-order valence-corrected chi connectivity index (χ3v) is 6.96. The molecule has 0 aliphatic carbocycles. The molecule has 0 saturated carbocycles. The first kappa shape index (κ1) is 19.7. The molecule has 0 radical (unpaired) electrons. The second-order valence-corrected chi connectivity index (χ2v) is 9.14. The Hall–Kier alpha value is -1.61. The summed E-state index contributed by atoms with van der Waals surface area (Å²) in [5.74, 6) is 0.471. The first-order valence-electron chi connectivity index (χ1n) is 7.47. The molecule has 0 aliphatic rings. The maximum absolute atomic E-state index is 12.5. The van der Waals surface area contributed by atoms with Gasteiger partial charge in [0.05, 0.1) is 6.54 Å². The fourth-order valence-electron chi connectivity index (χ4n) is 1.90. The zero-order valence-corrected chi connectivity index (χ0v) is 16.2. The molecule has 0 unspecified atom stereocenters. The lowest BCUT2D eigenvalue weighted by Gasteiger charge is -2.16. The number of benzene rings is 1. The van der Waals surface area contributed by atoms with Gasteiger partial charge in [-0.05, 0) is 36.4 Å². The van der Waals surface area contributed by atoms with Crippen LogP contribution in [0.15, 0.2) is 40.6 Å². The van der Waals surface area contributed by atoms with Crippen LogP contribution in [0.3, 0.4) is 0 Å². The van der Waals surface area contributed by atoms with E-state index >= 15 is 0 Å². The van der Waals surface area contributed by atoms with Crippen LogP contribution < -0.4 is 10.1 Å². The molecule has 0 fully saturated rings. The van der Waals surface area contributed by atoms with E-state index in [9.17, 15) is 13.2 Å². The van der Waals surface area contributed by atoms with Gasteiger partial charge in [0.1, 0.15) is 16.6 Å². The third kappa shape index (κ3) is 5.71. The van der Waals surface area contributed by atoms with E-state index in [1.807, 2.05) is 0 Å². The number of nitrogens with zero attached hydrogens (tertiary/aromatic N) is 1. The number of hydrogen-bond acceptors (Lipinski definition) is 5. The monoisotopic (exact) mass is 402 g/mol. The van der Waals surface area contributed by atoms with Crippen LogP contribution in [0, 0.1) is 0 Å². The van der Waals surface area contributed by atoms with Gasteiger partial charge in [-0.1, -0.05) is 11.6 Å². The van der Waals surface area contributed by atoms with E-state index in [2.05, 4.69) is 5.32 Å². The van der Waals surface area contributed by atoms with E-state index in [4.69, 9.17) is 16.3 Å². The molecule has 9 heteroatoms. The third-order valence-electron chi connectivity index (χ3n) is 3.30. The van der Waals surface area contributed by atoms with E-state index in [-0.39, 0.29) is 23.3 Å². The van der Waals surface area contributed by atoms with E-state index < -0.39 is 10.0 Å². The Morgan fingerprint density at radius 3 is 2.56 bits per heavy atom. The molecular weight excluding hydrogens is 384 g/mol. The van der Waals surface area contributed by atoms with Crippen molar-refractivity contribution in [2.75, 3.05) is 20.2 Å². The van der Waals surface area contributed by atoms with Crippen molar-refractivity contribution in [2.45, 2.75) is 17.7 Å². The zero-order valence-electron chi connectivity index (χ0n) is 13.9. The summed E-state index contributed by atoms with van der Waals surface area (Å²) in [4.78, 5) is 11.7. The predicted molar refractivity (Wildman–Crippen MR) is 98.6 cm³/mol. The molecule has 0 aliphatic heterocycles. The quantitative estimate of drug-likeness (QED) is 0.736. The molecule has 1 N–H and O–H groups in total. The lowest BCUT2D eigenvalue weighted by molar-refractivity contribution is -0.119. The summed E-state index contributed by atoms with van der Waals surface area (Å²) in [5.41, 5.74) is 0. The van der Waals surface area contributed by atoms with Crippen molar-refractivity contribution in [1.82, 2.24) is 9.62 Å². The smallest absolute Gasteiger partial charge is 0.252 e. The summed E-state index contributed by atoms with van der Waals surface area (Å²) in [5, 5.41) is 3.26. The molecule has 1 heterocycles. The van der Waals surface area contributed by atoms with Gasteiger partial charge in [-0.2, -0.15) is 4.31 Å². The van der Waals surface area contributed by atoms with Crippen LogP contribution >= 0.6 is 22.9 Å². The van der Waals surface area contributed by atoms with Crippen LogP contribution in [0.4, 0.5) is 0 Å². The van der Waals surface area contributed by atoms with Gasteiger partial charge >= 0.3 is 0 Å². The largest absolute Gasteiger partial charge is 0.492 e. The minimum absolute atomic E-state index is 0.158. The van der Waals surface area contributed by atoms with Crippen molar-refractivity contribution in [2.24, 2.45) is 0 Å². The average Bonchev–Trinajstić information content (AvgIpc) is 3.04. The summed E-state index contributed by atoms with van der Waals surface area (Å²) >= 11 is 6.94. The maximum atomic E-state index is 12.5. The normalized spacial score (nSPS) is 11.5. The first-order valence-corrected chi connectivity index (χ1v) is 10.1. The fraction of sp³-hybridized carbons (Fsp3) is 0.312. The minimum atomic E-state index is -3.58. The van der Waals surface area contributed by atoms with Crippen LogP contribution in [0.5, 0.6) is 5.75 Å². The van der Waals surface area contributed by atoms with Crippen molar-refractivity contribution in [3.05, 3.63) is 46.3 Å². The van der Waals surface area contributed by atoms with Gasteiger partial charge in [0.25, 0.3) is 10.0 Å². The Bertz CT molecular complexity index is 819. The van der Waals surface area contributed by atoms with Gasteiger partial charge in [0.15, 0.2) is 0 Å². The molecule has 6 nitrogen and oxygen atoms in total. The second kappa shape index (κ2) is 8.66. The molecule has 136 valence electrons. The molecule has 2 aromatic rings. The summed E-state index contributed by atoms with van der Waals surface area (Å²) in [6.45, 7) is 2.17. The number of ether oxygens (including phenoxy) is 1. The molecule has 0 saturated heterocycles. The van der Waals surface area contributed by atoms with Gasteiger partial charge in [-0.3, -0.25) is 4.79 Å². The molecule has 1 amide bonds. The summed E-state index contributed by atoms with van der Waals surface area (Å²) in [6.07, 6.45) is 0. The Labute approximate surface area is 156 Å². The van der Waals surface area contributed by atoms with Gasteiger partial charge in [-0.15, -0.1) is 11.3 Å². The fourth-order valence-corrected chi connectivity index (χ4v) is 4.69. The van der Waals surface area contributed by atoms with E-state index in [0.29, 0.717) is 17.3 Å². The molecule has 1 aromatic heterocycles. The molecule has 0 atom stereocenters. The molecule has 2 rings (SSSR count). The van der Waals surface area contributed by atoms with Crippen LogP contribution in [-0.4, -0.2) is 38.8 Å². The van der Waals surface area contributed by atoms with Crippen molar-refractivity contribution in [1.29, 1.82) is 0 Å². The lowest BCUT2D eigenvalue weighted by Crippen LogP contribution is -2.30. The van der Waals surface area contributed by atoms with Crippen LogP contribution in [0.1, 0.15) is 11.8 Å². The number of halogens is 1. The number of likely N-dealkylation sites (N-methyl/N-ethyl adjacent to an activating group) is 1. The SMILES string of the molecule is CC(=O)NCc1ccc(S(=O)(=O)N(C)CCOc2ccc(Cl)cc2)s1. The highest BCUT2D eigenvalue weighted by Crippen LogP contribution is 2.24. The van der Waals surface area contributed by atoms with Gasteiger partial charge in [0.2, 0.25) is 5.91 Å². The molecule has 0 spiro atoms. The number of nitrogens with one attached hydrogen (secondary N) is 1. The highest BCUT2D eigenvalue weighted by Gasteiger charge is 2.22. The predicted octanol–water partition coefficient (Wildman–Crippen LogP) is 2.74.